The Morgan fingerprint density at radius 1 is 0.864 bits per heavy atom. The molecule has 0 saturated heterocycles. The molecule has 110 valence electrons. The van der Waals surface area contributed by atoms with E-state index in [1.807, 2.05) is 6.07 Å². The van der Waals surface area contributed by atoms with Gasteiger partial charge in [-0.15, -0.1) is 0 Å². The van der Waals surface area contributed by atoms with E-state index < -0.39 is 0 Å². The summed E-state index contributed by atoms with van der Waals surface area (Å²) >= 11 is 0. The normalized spacial score (nSPS) is 11.2. The van der Waals surface area contributed by atoms with Gasteiger partial charge in [-0.1, -0.05) is 30.3 Å². The number of nitrogens with zero attached hydrogens (tertiary/aromatic N) is 2. The smallest absolute Gasteiger partial charge is 0.212 e. The number of hydrogen-bond acceptors (Lipinski definition) is 1. The summed E-state index contributed by atoms with van der Waals surface area (Å²) < 4.78 is 2.23. The molecule has 3 rings (SSSR count). The molecule has 1 heterocycles. The Kier molecular flexibility index (Phi) is 3.92. The lowest BCUT2D eigenvalue weighted by molar-refractivity contribution is -0.646. The first kappa shape index (κ1) is 14.3. The predicted molar refractivity (Wildman–Crippen MR) is 94.8 cm³/mol. The molecule has 3 aromatic rings. The number of hydrogen-bond donors (Lipinski definition) is 0. The second kappa shape index (κ2) is 6.02. The van der Waals surface area contributed by atoms with Gasteiger partial charge in [0, 0.05) is 43.4 Å². The van der Waals surface area contributed by atoms with Gasteiger partial charge in [0.05, 0.1) is 0 Å². The molecule has 2 nitrogen and oxygen atoms in total. The van der Waals surface area contributed by atoms with Crippen LogP contribution < -0.4 is 9.47 Å². The van der Waals surface area contributed by atoms with Gasteiger partial charge in [0.25, 0.3) is 0 Å². The van der Waals surface area contributed by atoms with E-state index in [0.29, 0.717) is 0 Å². The maximum absolute atomic E-state index is 2.23. The molecular weight excluding hydrogens is 268 g/mol. The maximum Gasteiger partial charge on any atom is 0.212 e. The Balaban J connectivity index is 2.00. The van der Waals surface area contributed by atoms with Crippen LogP contribution in [0.2, 0.25) is 0 Å². The predicted octanol–water partition coefficient (Wildman–Crippen LogP) is 3.90. The lowest BCUT2D eigenvalue weighted by Crippen LogP contribution is -2.32. The standard InChI is InChI=1S/C20H21N2/c1-21(2)19-13-14-20-17(15-19)10-12-18(22(20)3)11-9-16-7-5-4-6-8-16/h4-15H,1-3H3/q+1/b11-9+. The van der Waals surface area contributed by atoms with Gasteiger partial charge in [-0.05, 0) is 29.8 Å². The van der Waals surface area contributed by atoms with Crippen LogP contribution in [0.3, 0.4) is 0 Å². The topological polar surface area (TPSA) is 7.12 Å². The van der Waals surface area contributed by atoms with Crippen LogP contribution in [-0.4, -0.2) is 14.1 Å². The van der Waals surface area contributed by atoms with E-state index in [4.69, 9.17) is 0 Å². The summed E-state index contributed by atoms with van der Waals surface area (Å²) in [6.07, 6.45) is 4.31. The number of benzene rings is 2. The van der Waals surface area contributed by atoms with Crippen LogP contribution in [0.1, 0.15) is 11.3 Å². The molecule has 0 aliphatic heterocycles. The zero-order chi connectivity index (χ0) is 15.5. The van der Waals surface area contributed by atoms with Crippen molar-refractivity contribution in [3.63, 3.8) is 0 Å². The Hall–Kier alpha value is -2.61. The van der Waals surface area contributed by atoms with E-state index in [0.717, 1.165) is 0 Å². The van der Waals surface area contributed by atoms with Crippen molar-refractivity contribution in [2.45, 2.75) is 0 Å². The fraction of sp³-hybridized carbons (Fsp3) is 0.150. The van der Waals surface area contributed by atoms with Crippen LogP contribution in [0, 0.1) is 0 Å². The van der Waals surface area contributed by atoms with Gasteiger partial charge >= 0.3 is 0 Å². The second-order valence-corrected chi connectivity index (χ2v) is 5.70. The number of fused-ring (bicyclic) bond motifs is 1. The van der Waals surface area contributed by atoms with Crippen LogP contribution >= 0.6 is 0 Å². The van der Waals surface area contributed by atoms with E-state index in [9.17, 15) is 0 Å². The first-order chi connectivity index (χ1) is 10.6. The quantitative estimate of drug-likeness (QED) is 0.663. The molecule has 0 spiro atoms. The van der Waals surface area contributed by atoms with Gasteiger partial charge in [-0.25, -0.2) is 0 Å². The third-order valence-corrected chi connectivity index (χ3v) is 3.96. The minimum absolute atomic E-state index is 1.19. The molecule has 22 heavy (non-hydrogen) atoms. The van der Waals surface area contributed by atoms with Gasteiger partial charge in [0.15, 0.2) is 0 Å². The van der Waals surface area contributed by atoms with E-state index in [1.54, 1.807) is 0 Å². The molecule has 2 heteroatoms. The Labute approximate surface area is 131 Å². The summed E-state index contributed by atoms with van der Waals surface area (Å²) in [5, 5.41) is 1.26. The fourth-order valence-corrected chi connectivity index (χ4v) is 2.60. The number of aromatic nitrogens is 1. The van der Waals surface area contributed by atoms with Crippen LogP contribution in [0.4, 0.5) is 5.69 Å². The SMILES string of the molecule is CN(C)c1ccc2c(ccc(/C=C/c3ccccc3)[n+]2C)c1. The third kappa shape index (κ3) is 2.86. The molecule has 0 atom stereocenters. The summed E-state index contributed by atoms with van der Waals surface area (Å²) in [5.41, 5.74) is 4.86. The molecule has 0 amide bonds. The summed E-state index contributed by atoms with van der Waals surface area (Å²) in [7, 11) is 6.25. The van der Waals surface area contributed by atoms with Gasteiger partial charge < -0.3 is 4.90 Å². The van der Waals surface area contributed by atoms with Crippen LogP contribution in [0.15, 0.2) is 60.7 Å². The van der Waals surface area contributed by atoms with E-state index in [1.165, 1.54) is 27.8 Å². The number of aryl methyl sites for hydroxylation is 1. The van der Waals surface area contributed by atoms with Crippen molar-refractivity contribution < 1.29 is 4.57 Å². The van der Waals surface area contributed by atoms with E-state index in [2.05, 4.69) is 97.4 Å². The lowest BCUT2D eigenvalue weighted by Gasteiger charge is -2.12. The Morgan fingerprint density at radius 3 is 2.36 bits per heavy atom. The number of rotatable bonds is 3. The van der Waals surface area contributed by atoms with E-state index >= 15 is 0 Å². The Bertz CT molecular complexity index is 818. The van der Waals surface area contributed by atoms with Gasteiger partial charge in [-0.2, -0.15) is 4.57 Å². The molecule has 0 bridgehead atoms. The summed E-state index contributed by atoms with van der Waals surface area (Å²) in [6, 6.07) is 21.3. The third-order valence-electron chi connectivity index (χ3n) is 3.96. The van der Waals surface area contributed by atoms with Gasteiger partial charge in [0.2, 0.25) is 11.2 Å². The molecule has 0 aliphatic rings. The van der Waals surface area contributed by atoms with Crippen molar-refractivity contribution in [2.75, 3.05) is 19.0 Å². The second-order valence-electron chi connectivity index (χ2n) is 5.70. The zero-order valence-corrected chi connectivity index (χ0v) is 13.3. The first-order valence-electron chi connectivity index (χ1n) is 7.48. The van der Waals surface area contributed by atoms with Crippen molar-refractivity contribution >= 4 is 28.7 Å². The Morgan fingerprint density at radius 2 is 1.64 bits per heavy atom. The minimum atomic E-state index is 1.19. The molecule has 2 aromatic carbocycles. The van der Waals surface area contributed by atoms with Crippen LogP contribution in [0.25, 0.3) is 23.1 Å². The molecule has 0 saturated carbocycles. The first-order valence-corrected chi connectivity index (χ1v) is 7.48. The number of anilines is 1. The lowest BCUT2D eigenvalue weighted by atomic mass is 10.1. The highest BCUT2D eigenvalue weighted by Gasteiger charge is 2.10. The van der Waals surface area contributed by atoms with Crippen molar-refractivity contribution in [3.05, 3.63) is 71.9 Å². The minimum Gasteiger partial charge on any atom is -0.378 e. The summed E-state index contributed by atoms with van der Waals surface area (Å²) in [4.78, 5) is 2.13. The average molecular weight is 289 g/mol. The van der Waals surface area contributed by atoms with Gasteiger partial charge in [-0.3, -0.25) is 0 Å². The largest absolute Gasteiger partial charge is 0.378 e. The fourth-order valence-electron chi connectivity index (χ4n) is 2.60. The van der Waals surface area contributed by atoms with Crippen molar-refractivity contribution in [2.24, 2.45) is 7.05 Å². The average Bonchev–Trinajstić information content (AvgIpc) is 2.55. The zero-order valence-electron chi connectivity index (χ0n) is 13.3. The highest BCUT2D eigenvalue weighted by atomic mass is 15.1. The molecule has 0 fully saturated rings. The highest BCUT2D eigenvalue weighted by Crippen LogP contribution is 2.19. The monoisotopic (exact) mass is 289 g/mol. The molecule has 0 radical (unpaired) electrons. The van der Waals surface area contributed by atoms with Crippen molar-refractivity contribution in [1.82, 2.24) is 0 Å². The molecule has 1 aromatic heterocycles. The molecule has 0 aliphatic carbocycles. The number of pyridine rings is 1. The van der Waals surface area contributed by atoms with Crippen LogP contribution in [0.5, 0.6) is 0 Å². The molecular formula is C20H21N2+. The van der Waals surface area contributed by atoms with Crippen molar-refractivity contribution in [1.29, 1.82) is 0 Å². The van der Waals surface area contributed by atoms with Crippen molar-refractivity contribution in [3.8, 4) is 0 Å². The van der Waals surface area contributed by atoms with Gasteiger partial charge in [0.1, 0.15) is 7.05 Å². The molecule has 0 N–H and O–H groups in total. The van der Waals surface area contributed by atoms with E-state index in [-0.39, 0.29) is 0 Å². The summed E-state index contributed by atoms with van der Waals surface area (Å²) in [6.45, 7) is 0. The maximum atomic E-state index is 2.23. The molecule has 0 unspecified atom stereocenters. The summed E-state index contributed by atoms with van der Waals surface area (Å²) in [5.74, 6) is 0. The highest BCUT2D eigenvalue weighted by molar-refractivity contribution is 5.81. The van der Waals surface area contributed by atoms with Crippen LogP contribution in [-0.2, 0) is 7.05 Å².